The number of hydrogen-bond acceptors (Lipinski definition) is 4. The van der Waals surface area contributed by atoms with Gasteiger partial charge in [0.05, 0.1) is 11.3 Å². The van der Waals surface area contributed by atoms with Gasteiger partial charge in [-0.2, -0.15) is 13.2 Å². The highest BCUT2D eigenvalue weighted by atomic mass is 19.4. The van der Waals surface area contributed by atoms with Gasteiger partial charge in [-0.25, -0.2) is 4.98 Å². The molecule has 0 aliphatic carbocycles. The molecule has 0 fully saturated rings. The Balaban J connectivity index is 3.29. The molecule has 0 aromatic carbocycles. The maximum atomic E-state index is 12.3. The number of carbonyl (C=O) groups is 1. The van der Waals surface area contributed by atoms with Crippen molar-refractivity contribution < 1.29 is 28.0 Å². The Kier molecular flexibility index (Phi) is 3.30. The predicted molar refractivity (Wildman–Crippen MR) is 47.2 cm³/mol. The molecule has 92 valence electrons. The molecule has 0 aliphatic rings. The third-order valence-electron chi connectivity index (χ3n) is 1.76. The number of nitrogens with zero attached hydrogens (tertiary/aromatic N) is 2. The fourth-order valence-corrected chi connectivity index (χ4v) is 1.09. The number of hydrogen-bond donors (Lipinski definition) is 1. The normalized spacial score (nSPS) is 11.2. The lowest BCUT2D eigenvalue weighted by molar-refractivity contribution is -0.386. The zero-order valence-corrected chi connectivity index (χ0v) is 8.06. The van der Waals surface area contributed by atoms with Crippen molar-refractivity contribution in [2.24, 2.45) is 0 Å². The fourth-order valence-electron chi connectivity index (χ4n) is 1.09. The molecule has 1 heterocycles. The van der Waals surface area contributed by atoms with Crippen LogP contribution in [0, 0.1) is 10.1 Å². The third kappa shape index (κ3) is 3.13. The highest BCUT2D eigenvalue weighted by Crippen LogP contribution is 2.30. The monoisotopic (exact) mass is 250 g/mol. The first-order chi connectivity index (χ1) is 7.71. The van der Waals surface area contributed by atoms with Gasteiger partial charge in [0.2, 0.25) is 0 Å². The van der Waals surface area contributed by atoms with Crippen LogP contribution in [0.4, 0.5) is 18.9 Å². The number of carboxylic acid groups (broad SMARTS) is 1. The quantitative estimate of drug-likeness (QED) is 0.650. The van der Waals surface area contributed by atoms with Crippen LogP contribution in [0.5, 0.6) is 0 Å². The van der Waals surface area contributed by atoms with E-state index in [9.17, 15) is 28.1 Å². The molecule has 9 heteroatoms. The molecule has 1 rings (SSSR count). The summed E-state index contributed by atoms with van der Waals surface area (Å²) in [6.45, 7) is 0. The molecule has 0 bridgehead atoms. The fraction of sp³-hybridized carbons (Fsp3) is 0.250. The van der Waals surface area contributed by atoms with Gasteiger partial charge in [0.1, 0.15) is 11.4 Å². The summed E-state index contributed by atoms with van der Waals surface area (Å²) < 4.78 is 36.8. The number of carboxylic acids is 1. The Labute approximate surface area is 91.9 Å². The first-order valence-electron chi connectivity index (χ1n) is 4.15. The molecule has 1 aromatic heterocycles. The van der Waals surface area contributed by atoms with Crippen LogP contribution >= 0.6 is 0 Å². The minimum atomic E-state index is -4.78. The van der Waals surface area contributed by atoms with E-state index in [1.807, 2.05) is 0 Å². The van der Waals surface area contributed by atoms with E-state index in [4.69, 9.17) is 5.11 Å². The Morgan fingerprint density at radius 3 is 2.47 bits per heavy atom. The molecule has 0 spiro atoms. The summed E-state index contributed by atoms with van der Waals surface area (Å²) in [7, 11) is 0. The van der Waals surface area contributed by atoms with Gasteiger partial charge in [0.25, 0.3) is 5.69 Å². The Bertz CT molecular complexity index is 472. The second-order valence-corrected chi connectivity index (χ2v) is 2.99. The largest absolute Gasteiger partial charge is 0.481 e. The number of pyridine rings is 1. The van der Waals surface area contributed by atoms with Gasteiger partial charge < -0.3 is 5.11 Å². The summed E-state index contributed by atoms with van der Waals surface area (Å²) in [5.41, 5.74) is -2.84. The van der Waals surface area contributed by atoms with Crippen LogP contribution in [0.25, 0.3) is 0 Å². The molecule has 0 unspecified atom stereocenters. The molecule has 0 aliphatic heterocycles. The molecule has 17 heavy (non-hydrogen) atoms. The van der Waals surface area contributed by atoms with Gasteiger partial charge in [0, 0.05) is 6.07 Å². The molecule has 0 radical (unpaired) electrons. The Morgan fingerprint density at radius 2 is 2.06 bits per heavy atom. The van der Waals surface area contributed by atoms with Gasteiger partial charge in [-0.1, -0.05) is 0 Å². The standard InChI is InChI=1S/C8H5F3N2O4/c9-8(10,11)6-2-1-5(13(16)17)4(12-6)3-7(14)15/h1-2H,3H2,(H,14,15). The summed E-state index contributed by atoms with van der Waals surface area (Å²) in [6, 6.07) is 1.03. The zero-order valence-electron chi connectivity index (χ0n) is 8.06. The van der Waals surface area contributed by atoms with Crippen molar-refractivity contribution in [2.45, 2.75) is 12.6 Å². The maximum Gasteiger partial charge on any atom is 0.433 e. The summed E-state index contributed by atoms with van der Waals surface area (Å²) in [6.07, 6.45) is -5.72. The lowest BCUT2D eigenvalue weighted by Gasteiger charge is -2.07. The number of rotatable bonds is 3. The lowest BCUT2D eigenvalue weighted by Crippen LogP contribution is -2.13. The van der Waals surface area contributed by atoms with Crippen LogP contribution in [0.1, 0.15) is 11.4 Å². The average Bonchev–Trinajstić information content (AvgIpc) is 2.14. The average molecular weight is 250 g/mol. The summed E-state index contributed by atoms with van der Waals surface area (Å²) in [5.74, 6) is -1.50. The van der Waals surface area contributed by atoms with E-state index >= 15 is 0 Å². The number of halogens is 3. The van der Waals surface area contributed by atoms with Crippen molar-refractivity contribution in [3.8, 4) is 0 Å². The summed E-state index contributed by atoms with van der Waals surface area (Å²) in [5, 5.41) is 18.9. The van der Waals surface area contributed by atoms with Crippen molar-refractivity contribution in [2.75, 3.05) is 0 Å². The van der Waals surface area contributed by atoms with E-state index < -0.39 is 40.6 Å². The SMILES string of the molecule is O=C(O)Cc1nc(C(F)(F)F)ccc1[N+](=O)[O-]. The van der Waals surface area contributed by atoms with Crippen LogP contribution in [0.15, 0.2) is 12.1 Å². The van der Waals surface area contributed by atoms with Crippen LogP contribution < -0.4 is 0 Å². The van der Waals surface area contributed by atoms with Crippen LogP contribution in [-0.2, 0) is 17.4 Å². The van der Waals surface area contributed by atoms with Crippen molar-refractivity contribution in [1.29, 1.82) is 0 Å². The van der Waals surface area contributed by atoms with Gasteiger partial charge in [-0.05, 0) is 6.07 Å². The molecule has 0 atom stereocenters. The third-order valence-corrected chi connectivity index (χ3v) is 1.76. The predicted octanol–water partition coefficient (Wildman–Crippen LogP) is 1.64. The number of aromatic nitrogens is 1. The van der Waals surface area contributed by atoms with Gasteiger partial charge in [-0.15, -0.1) is 0 Å². The van der Waals surface area contributed by atoms with Crippen molar-refractivity contribution in [1.82, 2.24) is 4.98 Å². The number of nitro groups is 1. The Hall–Kier alpha value is -2.19. The van der Waals surface area contributed by atoms with E-state index in [0.29, 0.717) is 12.1 Å². The first-order valence-corrected chi connectivity index (χ1v) is 4.15. The summed E-state index contributed by atoms with van der Waals surface area (Å²) in [4.78, 5) is 22.8. The Morgan fingerprint density at radius 1 is 1.47 bits per heavy atom. The maximum absolute atomic E-state index is 12.3. The molecule has 6 nitrogen and oxygen atoms in total. The second-order valence-electron chi connectivity index (χ2n) is 2.99. The van der Waals surface area contributed by atoms with Crippen LogP contribution in [0.3, 0.4) is 0 Å². The number of aliphatic carboxylic acids is 1. The van der Waals surface area contributed by atoms with E-state index in [0.717, 1.165) is 0 Å². The molecular formula is C8H5F3N2O4. The molecule has 0 saturated carbocycles. The smallest absolute Gasteiger partial charge is 0.433 e. The minimum absolute atomic E-state index is 0.434. The van der Waals surface area contributed by atoms with Gasteiger partial charge in [-0.3, -0.25) is 14.9 Å². The minimum Gasteiger partial charge on any atom is -0.481 e. The molecule has 0 amide bonds. The molecule has 1 N–H and O–H groups in total. The lowest BCUT2D eigenvalue weighted by atomic mass is 10.2. The van der Waals surface area contributed by atoms with Crippen molar-refractivity contribution in [3.05, 3.63) is 33.6 Å². The van der Waals surface area contributed by atoms with Crippen LogP contribution in [0.2, 0.25) is 0 Å². The van der Waals surface area contributed by atoms with Crippen molar-refractivity contribution in [3.63, 3.8) is 0 Å². The van der Waals surface area contributed by atoms with Crippen molar-refractivity contribution >= 4 is 11.7 Å². The van der Waals surface area contributed by atoms with Gasteiger partial charge in [0.15, 0.2) is 0 Å². The summed E-state index contributed by atoms with van der Waals surface area (Å²) >= 11 is 0. The number of alkyl halides is 3. The topological polar surface area (TPSA) is 93.3 Å². The van der Waals surface area contributed by atoms with E-state index in [-0.39, 0.29) is 0 Å². The second kappa shape index (κ2) is 4.36. The van der Waals surface area contributed by atoms with E-state index in [1.165, 1.54) is 0 Å². The molecule has 0 saturated heterocycles. The molecular weight excluding hydrogens is 245 g/mol. The highest BCUT2D eigenvalue weighted by molar-refractivity contribution is 5.71. The zero-order chi connectivity index (χ0) is 13.2. The molecule has 1 aromatic rings. The van der Waals surface area contributed by atoms with E-state index in [1.54, 1.807) is 0 Å². The van der Waals surface area contributed by atoms with Gasteiger partial charge >= 0.3 is 12.1 Å². The van der Waals surface area contributed by atoms with Crippen LogP contribution in [-0.4, -0.2) is 21.0 Å². The van der Waals surface area contributed by atoms with E-state index in [2.05, 4.69) is 4.98 Å². The highest BCUT2D eigenvalue weighted by Gasteiger charge is 2.34. The first kappa shape index (κ1) is 12.9.